The molecule has 6 heteroatoms. The monoisotopic (exact) mass is 326 g/mol. The van der Waals surface area contributed by atoms with Gasteiger partial charge in [0, 0.05) is 11.2 Å². The van der Waals surface area contributed by atoms with Crippen LogP contribution in [0.5, 0.6) is 0 Å². The Morgan fingerprint density at radius 2 is 2.09 bits per heavy atom. The fraction of sp³-hybridized carbons (Fsp3) is 0.118. The molecule has 0 saturated heterocycles. The van der Waals surface area contributed by atoms with Gasteiger partial charge in [0.05, 0.1) is 11.4 Å². The minimum Gasteiger partial charge on any atom is -0.295 e. The van der Waals surface area contributed by atoms with E-state index in [1.807, 2.05) is 37.3 Å². The number of carbonyl (C=O) groups is 1. The third-order valence-corrected chi connectivity index (χ3v) is 3.72. The molecule has 0 aliphatic rings. The largest absolute Gasteiger partial charge is 0.295 e. The highest BCUT2D eigenvalue weighted by molar-refractivity contribution is 6.31. The summed E-state index contributed by atoms with van der Waals surface area (Å²) < 4.78 is 1.74. The van der Waals surface area contributed by atoms with Crippen LogP contribution in [-0.2, 0) is 0 Å². The van der Waals surface area contributed by atoms with Gasteiger partial charge in [-0.05, 0) is 43.7 Å². The molecule has 116 valence electrons. The van der Waals surface area contributed by atoms with Crippen LogP contribution in [0.1, 0.15) is 28.7 Å². The molecule has 2 heterocycles. The van der Waals surface area contributed by atoms with Gasteiger partial charge >= 0.3 is 0 Å². The number of fused-ring (bicyclic) bond motifs is 1. The molecule has 0 aliphatic carbocycles. The maximum absolute atomic E-state index is 12.4. The summed E-state index contributed by atoms with van der Waals surface area (Å²) in [4.78, 5) is 16.8. The van der Waals surface area contributed by atoms with Crippen LogP contribution in [0.4, 0.5) is 0 Å². The van der Waals surface area contributed by atoms with Crippen molar-refractivity contribution in [3.63, 3.8) is 0 Å². The van der Waals surface area contributed by atoms with Crippen molar-refractivity contribution in [1.29, 1.82) is 0 Å². The van der Waals surface area contributed by atoms with Crippen LogP contribution >= 0.6 is 11.6 Å². The zero-order valence-corrected chi connectivity index (χ0v) is 13.5. The Morgan fingerprint density at radius 1 is 1.26 bits per heavy atom. The first-order chi connectivity index (χ1) is 11.1. The first-order valence-corrected chi connectivity index (χ1v) is 7.48. The van der Waals surface area contributed by atoms with Gasteiger partial charge in [0.15, 0.2) is 0 Å². The van der Waals surface area contributed by atoms with Gasteiger partial charge in [0.1, 0.15) is 11.3 Å². The third-order valence-electron chi connectivity index (χ3n) is 3.49. The van der Waals surface area contributed by atoms with Crippen LogP contribution in [0.2, 0.25) is 5.02 Å². The fourth-order valence-electron chi connectivity index (χ4n) is 2.35. The van der Waals surface area contributed by atoms with Crippen LogP contribution in [0.15, 0.2) is 53.8 Å². The van der Waals surface area contributed by atoms with Crippen molar-refractivity contribution in [2.24, 2.45) is 5.10 Å². The average Bonchev–Trinajstić information content (AvgIpc) is 2.88. The number of aryl methyl sites for hydroxylation is 1. The van der Waals surface area contributed by atoms with Crippen molar-refractivity contribution >= 4 is 28.9 Å². The van der Waals surface area contributed by atoms with Gasteiger partial charge in [0.2, 0.25) is 0 Å². The van der Waals surface area contributed by atoms with Crippen molar-refractivity contribution in [1.82, 2.24) is 14.8 Å². The lowest BCUT2D eigenvalue weighted by Gasteiger charge is -2.04. The number of hydrogen-bond donors (Lipinski definition) is 1. The van der Waals surface area contributed by atoms with Crippen LogP contribution < -0.4 is 5.43 Å². The topological polar surface area (TPSA) is 58.8 Å². The van der Waals surface area contributed by atoms with E-state index in [-0.39, 0.29) is 5.91 Å². The summed E-state index contributed by atoms with van der Waals surface area (Å²) in [6.07, 6.45) is 1.80. The molecule has 0 aliphatic heterocycles. The van der Waals surface area contributed by atoms with E-state index in [2.05, 4.69) is 15.5 Å². The van der Waals surface area contributed by atoms with Crippen molar-refractivity contribution in [3.05, 3.63) is 70.6 Å². The van der Waals surface area contributed by atoms with E-state index in [4.69, 9.17) is 11.6 Å². The van der Waals surface area contributed by atoms with E-state index in [0.717, 1.165) is 11.2 Å². The molecule has 1 aromatic carbocycles. The van der Waals surface area contributed by atoms with Gasteiger partial charge in [-0.3, -0.25) is 9.20 Å². The summed E-state index contributed by atoms with van der Waals surface area (Å²) in [5, 5.41) is 4.78. The van der Waals surface area contributed by atoms with Gasteiger partial charge in [-0.1, -0.05) is 29.8 Å². The molecule has 23 heavy (non-hydrogen) atoms. The molecule has 1 N–H and O–H groups in total. The number of nitrogens with zero attached hydrogens (tertiary/aromatic N) is 3. The normalized spacial score (nSPS) is 11.7. The number of rotatable bonds is 3. The van der Waals surface area contributed by atoms with Crippen LogP contribution in [-0.4, -0.2) is 21.0 Å². The van der Waals surface area contributed by atoms with Crippen molar-refractivity contribution in [3.8, 4) is 0 Å². The Bertz CT molecular complexity index is 914. The maximum atomic E-state index is 12.4. The Labute approximate surface area is 138 Å². The van der Waals surface area contributed by atoms with E-state index in [1.165, 1.54) is 0 Å². The Hall–Kier alpha value is -2.66. The molecule has 0 fully saturated rings. The van der Waals surface area contributed by atoms with Crippen LogP contribution in [0.3, 0.4) is 0 Å². The van der Waals surface area contributed by atoms with E-state index in [0.29, 0.717) is 22.1 Å². The lowest BCUT2D eigenvalue weighted by atomic mass is 10.1. The van der Waals surface area contributed by atoms with Crippen LogP contribution in [0.25, 0.3) is 5.65 Å². The summed E-state index contributed by atoms with van der Waals surface area (Å²) >= 11 is 5.97. The lowest BCUT2D eigenvalue weighted by Crippen LogP contribution is -2.21. The highest BCUT2D eigenvalue weighted by Crippen LogP contribution is 2.13. The lowest BCUT2D eigenvalue weighted by molar-refractivity contribution is 0.0948. The van der Waals surface area contributed by atoms with Gasteiger partial charge in [0.25, 0.3) is 5.91 Å². The van der Waals surface area contributed by atoms with E-state index in [1.54, 1.807) is 29.7 Å². The summed E-state index contributed by atoms with van der Waals surface area (Å²) in [6.45, 7) is 3.61. The Balaban J connectivity index is 1.86. The molecule has 0 spiro atoms. The number of pyridine rings is 1. The fourth-order valence-corrected chi connectivity index (χ4v) is 2.54. The molecule has 0 atom stereocenters. The van der Waals surface area contributed by atoms with Gasteiger partial charge in [-0.15, -0.1) is 0 Å². The quantitative estimate of drug-likeness (QED) is 0.592. The van der Waals surface area contributed by atoms with Gasteiger partial charge < -0.3 is 0 Å². The van der Waals surface area contributed by atoms with Crippen molar-refractivity contribution in [2.75, 3.05) is 0 Å². The molecular formula is C17H15ClN4O. The predicted octanol–water partition coefficient (Wildman–Crippen LogP) is 3.45. The number of amides is 1. The first kappa shape index (κ1) is 15.2. The number of imidazole rings is 1. The number of benzene rings is 1. The number of hydrogen-bond acceptors (Lipinski definition) is 3. The Morgan fingerprint density at radius 3 is 2.87 bits per heavy atom. The third kappa shape index (κ3) is 3.10. The van der Waals surface area contributed by atoms with Gasteiger partial charge in [-0.2, -0.15) is 5.10 Å². The van der Waals surface area contributed by atoms with Crippen LogP contribution in [0, 0.1) is 6.92 Å². The zero-order valence-electron chi connectivity index (χ0n) is 12.7. The summed E-state index contributed by atoms with van der Waals surface area (Å²) in [5.74, 6) is -0.303. The molecule has 0 radical (unpaired) electrons. The molecule has 0 saturated carbocycles. The molecule has 0 unspecified atom stereocenters. The zero-order chi connectivity index (χ0) is 16.4. The summed E-state index contributed by atoms with van der Waals surface area (Å²) in [5.41, 5.74) is 5.97. The van der Waals surface area contributed by atoms with E-state index < -0.39 is 0 Å². The minimum absolute atomic E-state index is 0.303. The standard InChI is InChI=1S/C17H15ClN4O/c1-11(13-6-5-7-14(18)10-13)20-21-17(23)16-12(2)19-15-8-3-4-9-22(15)16/h3-10H,1-2H3,(H,21,23)/b20-11-. The molecule has 1 amide bonds. The Kier molecular flexibility index (Phi) is 4.12. The SMILES string of the molecule is C/C(=N/NC(=O)c1c(C)nc2ccccn12)c1cccc(Cl)c1. The summed E-state index contributed by atoms with van der Waals surface area (Å²) in [7, 11) is 0. The molecule has 0 bridgehead atoms. The molecule has 3 rings (SSSR count). The maximum Gasteiger partial charge on any atom is 0.290 e. The average molecular weight is 327 g/mol. The first-order valence-electron chi connectivity index (χ1n) is 7.10. The smallest absolute Gasteiger partial charge is 0.290 e. The predicted molar refractivity (Wildman–Crippen MR) is 91.1 cm³/mol. The second kappa shape index (κ2) is 6.22. The molecule has 5 nitrogen and oxygen atoms in total. The number of aromatic nitrogens is 2. The number of nitrogens with one attached hydrogen (secondary N) is 1. The van der Waals surface area contributed by atoms with Crippen molar-refractivity contribution in [2.45, 2.75) is 13.8 Å². The summed E-state index contributed by atoms with van der Waals surface area (Å²) in [6, 6.07) is 12.9. The van der Waals surface area contributed by atoms with E-state index in [9.17, 15) is 4.79 Å². The highest BCUT2D eigenvalue weighted by Gasteiger charge is 2.15. The molecular weight excluding hydrogens is 312 g/mol. The molecule has 3 aromatic rings. The number of halogens is 1. The number of hydrazone groups is 1. The van der Waals surface area contributed by atoms with E-state index >= 15 is 0 Å². The molecule has 2 aromatic heterocycles. The second-order valence-electron chi connectivity index (χ2n) is 5.12. The number of carbonyl (C=O) groups excluding carboxylic acids is 1. The minimum atomic E-state index is -0.303. The highest BCUT2D eigenvalue weighted by atomic mass is 35.5. The van der Waals surface area contributed by atoms with Gasteiger partial charge in [-0.25, -0.2) is 10.4 Å². The van der Waals surface area contributed by atoms with Crippen molar-refractivity contribution < 1.29 is 4.79 Å². The second-order valence-corrected chi connectivity index (χ2v) is 5.56.